The van der Waals surface area contributed by atoms with Gasteiger partial charge in [-0.3, -0.25) is 14.4 Å². The van der Waals surface area contributed by atoms with E-state index in [4.69, 9.17) is 4.74 Å². The van der Waals surface area contributed by atoms with Crippen LogP contribution in [0.15, 0.2) is 48.0 Å². The fourth-order valence-corrected chi connectivity index (χ4v) is 6.38. The van der Waals surface area contributed by atoms with Gasteiger partial charge in [0, 0.05) is 31.6 Å². The molecule has 40 heavy (non-hydrogen) atoms. The van der Waals surface area contributed by atoms with Gasteiger partial charge in [-0.2, -0.15) is 0 Å². The number of ether oxygens (including phenoxy) is 1. The van der Waals surface area contributed by atoms with Crippen molar-refractivity contribution in [2.75, 3.05) is 13.7 Å². The summed E-state index contributed by atoms with van der Waals surface area (Å²) in [5.41, 5.74) is 6.15. The Kier molecular flexibility index (Phi) is 7.91. The van der Waals surface area contributed by atoms with Crippen LogP contribution in [0.4, 0.5) is 0 Å². The quantitative estimate of drug-likeness (QED) is 0.435. The Morgan fingerprint density at radius 3 is 2.60 bits per heavy atom. The number of aryl methyl sites for hydroxylation is 1. The average molecular weight is 563 g/mol. The van der Waals surface area contributed by atoms with Crippen molar-refractivity contribution in [2.24, 2.45) is 5.92 Å². The van der Waals surface area contributed by atoms with Gasteiger partial charge >= 0.3 is 0 Å². The Morgan fingerprint density at radius 1 is 1.20 bits per heavy atom. The normalized spacial score (nSPS) is 19.2. The first kappa shape index (κ1) is 27.8. The first-order valence-corrected chi connectivity index (χ1v) is 14.3. The molecule has 2 aliphatic rings. The molecule has 0 spiro atoms. The van der Waals surface area contributed by atoms with E-state index in [-0.39, 0.29) is 36.6 Å². The molecule has 3 atom stereocenters. The van der Waals surface area contributed by atoms with Gasteiger partial charge in [0.15, 0.2) is 0 Å². The number of aliphatic hydroxyl groups is 1. The molecule has 9 nitrogen and oxygen atoms in total. The predicted molar refractivity (Wildman–Crippen MR) is 152 cm³/mol. The third-order valence-electron chi connectivity index (χ3n) is 7.66. The molecule has 2 aliphatic heterocycles. The molecule has 1 fully saturated rings. The Balaban J connectivity index is 1.28. The average Bonchev–Trinajstić information content (AvgIpc) is 3.64. The fraction of sp³-hybridized carbons (Fsp3) is 0.400. The summed E-state index contributed by atoms with van der Waals surface area (Å²) in [6, 6.07) is 11.7. The number of benzene rings is 2. The van der Waals surface area contributed by atoms with Crippen molar-refractivity contribution in [3.8, 4) is 16.2 Å². The number of fused-ring (bicyclic) bond motifs is 1. The third kappa shape index (κ3) is 5.33. The van der Waals surface area contributed by atoms with E-state index in [1.807, 2.05) is 56.6 Å². The van der Waals surface area contributed by atoms with E-state index in [2.05, 4.69) is 10.3 Å². The molecule has 0 saturated carbocycles. The molecular formula is C30H34N4O5S. The van der Waals surface area contributed by atoms with E-state index in [0.29, 0.717) is 24.4 Å². The van der Waals surface area contributed by atoms with Gasteiger partial charge in [-0.15, -0.1) is 11.3 Å². The fourth-order valence-electron chi connectivity index (χ4n) is 5.57. The van der Waals surface area contributed by atoms with Gasteiger partial charge in [-0.25, -0.2) is 4.98 Å². The van der Waals surface area contributed by atoms with E-state index in [1.165, 1.54) is 4.90 Å². The highest BCUT2D eigenvalue weighted by Gasteiger charge is 2.45. The van der Waals surface area contributed by atoms with Crippen molar-refractivity contribution in [1.29, 1.82) is 0 Å². The van der Waals surface area contributed by atoms with E-state index in [9.17, 15) is 19.5 Å². The van der Waals surface area contributed by atoms with Gasteiger partial charge in [0.1, 0.15) is 17.8 Å². The molecule has 0 radical (unpaired) electrons. The minimum absolute atomic E-state index is 0.0475. The minimum atomic E-state index is -0.817. The van der Waals surface area contributed by atoms with Crippen molar-refractivity contribution in [2.45, 2.75) is 58.5 Å². The SMILES string of the molecule is COc1ccc2c(c1)C(=O)N(C(C(=O)N1CC(O)CC1C(=O)NCc1ccc(-c3scnc3C)cc1)C(C)C)C2. The van der Waals surface area contributed by atoms with Gasteiger partial charge < -0.3 is 25.0 Å². The molecule has 0 bridgehead atoms. The summed E-state index contributed by atoms with van der Waals surface area (Å²) < 4.78 is 5.27. The molecule has 3 aromatic rings. The van der Waals surface area contributed by atoms with Crippen molar-refractivity contribution in [3.05, 3.63) is 70.4 Å². The number of rotatable bonds is 8. The van der Waals surface area contributed by atoms with Gasteiger partial charge in [0.25, 0.3) is 5.91 Å². The van der Waals surface area contributed by atoms with Crippen LogP contribution in [0.1, 0.15) is 47.4 Å². The number of hydrogen-bond donors (Lipinski definition) is 2. The van der Waals surface area contributed by atoms with Crippen LogP contribution in [0.5, 0.6) is 5.75 Å². The Labute approximate surface area is 237 Å². The number of hydrogen-bond acceptors (Lipinski definition) is 7. The summed E-state index contributed by atoms with van der Waals surface area (Å²) in [6.07, 6.45) is -0.664. The third-order valence-corrected chi connectivity index (χ3v) is 8.64. The summed E-state index contributed by atoms with van der Waals surface area (Å²) in [5, 5.41) is 13.4. The van der Waals surface area contributed by atoms with Crippen LogP contribution in [0.25, 0.3) is 10.4 Å². The number of carbonyl (C=O) groups is 3. The Morgan fingerprint density at radius 2 is 1.95 bits per heavy atom. The van der Waals surface area contributed by atoms with Crippen LogP contribution in [-0.2, 0) is 22.7 Å². The number of nitrogens with zero attached hydrogens (tertiary/aromatic N) is 3. The molecule has 3 heterocycles. The first-order valence-electron chi connectivity index (χ1n) is 13.4. The van der Waals surface area contributed by atoms with Crippen molar-refractivity contribution >= 4 is 29.1 Å². The molecule has 3 amide bonds. The van der Waals surface area contributed by atoms with Gasteiger partial charge in [-0.05, 0) is 41.7 Å². The maximum absolute atomic E-state index is 13.9. The smallest absolute Gasteiger partial charge is 0.255 e. The second-order valence-corrected chi connectivity index (χ2v) is 11.6. The van der Waals surface area contributed by atoms with Crippen LogP contribution < -0.4 is 10.1 Å². The molecule has 1 saturated heterocycles. The number of likely N-dealkylation sites (tertiary alicyclic amines) is 1. The number of aromatic nitrogens is 1. The number of methoxy groups -OCH3 is 1. The highest BCUT2D eigenvalue weighted by atomic mass is 32.1. The van der Waals surface area contributed by atoms with Crippen molar-refractivity contribution in [3.63, 3.8) is 0 Å². The van der Waals surface area contributed by atoms with E-state index >= 15 is 0 Å². The monoisotopic (exact) mass is 562 g/mol. The molecular weight excluding hydrogens is 528 g/mol. The second-order valence-electron chi connectivity index (χ2n) is 10.7. The lowest BCUT2D eigenvalue weighted by molar-refractivity contribution is -0.143. The lowest BCUT2D eigenvalue weighted by Gasteiger charge is -2.35. The highest BCUT2D eigenvalue weighted by molar-refractivity contribution is 7.13. The summed E-state index contributed by atoms with van der Waals surface area (Å²) in [6.45, 7) is 6.40. The summed E-state index contributed by atoms with van der Waals surface area (Å²) in [4.78, 5) is 49.0. The number of aliphatic hydroxyl groups excluding tert-OH is 1. The molecule has 2 aromatic carbocycles. The lowest BCUT2D eigenvalue weighted by Crippen LogP contribution is -2.55. The number of carbonyl (C=O) groups excluding carboxylic acids is 3. The van der Waals surface area contributed by atoms with Crippen molar-refractivity contribution < 1.29 is 24.2 Å². The minimum Gasteiger partial charge on any atom is -0.497 e. The van der Waals surface area contributed by atoms with Gasteiger partial charge in [0.2, 0.25) is 11.8 Å². The van der Waals surface area contributed by atoms with Gasteiger partial charge in [-0.1, -0.05) is 44.2 Å². The largest absolute Gasteiger partial charge is 0.497 e. The van der Waals surface area contributed by atoms with Crippen LogP contribution >= 0.6 is 11.3 Å². The van der Waals surface area contributed by atoms with E-state index in [1.54, 1.807) is 35.5 Å². The molecule has 10 heteroatoms. The summed E-state index contributed by atoms with van der Waals surface area (Å²) in [7, 11) is 1.54. The first-order chi connectivity index (χ1) is 19.2. The predicted octanol–water partition coefficient (Wildman–Crippen LogP) is 3.39. The zero-order chi connectivity index (χ0) is 28.6. The standard InChI is InChI=1S/C30H34N4O5S/c1-17(2)26(34-14-21-9-10-23(39-4)12-24(21)29(34)37)30(38)33-15-22(35)11-25(33)28(36)31-13-19-5-7-20(8-6-19)27-18(3)32-16-40-27/h5-10,12,16-17,22,25-26,35H,11,13-15H2,1-4H3,(H,31,36). The van der Waals surface area contributed by atoms with E-state index < -0.39 is 18.2 Å². The lowest BCUT2D eigenvalue weighted by atomic mass is 10.0. The second kappa shape index (κ2) is 11.4. The van der Waals surface area contributed by atoms with E-state index in [0.717, 1.165) is 27.3 Å². The number of amides is 3. The van der Waals surface area contributed by atoms with Crippen LogP contribution in [0.2, 0.25) is 0 Å². The topological polar surface area (TPSA) is 112 Å². The maximum atomic E-state index is 13.9. The highest BCUT2D eigenvalue weighted by Crippen LogP contribution is 2.32. The molecule has 2 N–H and O–H groups in total. The van der Waals surface area contributed by atoms with Crippen LogP contribution in [-0.4, -0.2) is 69.5 Å². The van der Waals surface area contributed by atoms with Gasteiger partial charge in [0.05, 0.1) is 29.3 Å². The number of thiazole rings is 1. The number of nitrogens with one attached hydrogen (secondary N) is 1. The summed E-state index contributed by atoms with van der Waals surface area (Å²) >= 11 is 1.59. The number of β-amino-alcohol motifs (C(OH)–C–C–N with tert-alkyl or cyclic N) is 1. The molecule has 3 unspecified atom stereocenters. The zero-order valence-corrected chi connectivity index (χ0v) is 23.9. The summed E-state index contributed by atoms with van der Waals surface area (Å²) in [5.74, 6) is -0.512. The van der Waals surface area contributed by atoms with Crippen molar-refractivity contribution in [1.82, 2.24) is 20.1 Å². The Bertz CT molecular complexity index is 1420. The zero-order valence-electron chi connectivity index (χ0n) is 23.1. The van der Waals surface area contributed by atoms with Crippen LogP contribution in [0, 0.1) is 12.8 Å². The molecule has 0 aliphatic carbocycles. The maximum Gasteiger partial charge on any atom is 0.255 e. The molecule has 210 valence electrons. The van der Waals surface area contributed by atoms with Crippen LogP contribution in [0.3, 0.4) is 0 Å². The Hall–Kier alpha value is -3.76. The molecule has 5 rings (SSSR count). The molecule has 1 aromatic heterocycles.